The van der Waals surface area contributed by atoms with E-state index in [1.807, 2.05) is 18.2 Å². The lowest BCUT2D eigenvalue weighted by molar-refractivity contribution is 0.575. The van der Waals surface area contributed by atoms with Crippen molar-refractivity contribution in [2.75, 3.05) is 0 Å². The summed E-state index contributed by atoms with van der Waals surface area (Å²) in [4.78, 5) is 0. The van der Waals surface area contributed by atoms with Gasteiger partial charge in [-0.1, -0.05) is 29.3 Å². The maximum Gasteiger partial charge on any atom is 0.0595 e. The molecule has 0 aliphatic heterocycles. The van der Waals surface area contributed by atoms with Crippen molar-refractivity contribution in [3.05, 3.63) is 56.2 Å². The highest BCUT2D eigenvalue weighted by Gasteiger charge is 2.07. The quantitative estimate of drug-likeness (QED) is 0.842. The van der Waals surface area contributed by atoms with Crippen molar-refractivity contribution >= 4 is 34.5 Å². The van der Waals surface area contributed by atoms with Gasteiger partial charge in [-0.15, -0.1) is 0 Å². The maximum atomic E-state index is 6.00. The minimum atomic E-state index is 0.254. The van der Waals surface area contributed by atoms with E-state index in [4.69, 9.17) is 23.2 Å². The zero-order valence-corrected chi connectivity index (χ0v) is 11.7. The Balaban J connectivity index is 1.99. The van der Waals surface area contributed by atoms with E-state index in [0.717, 1.165) is 12.1 Å². The van der Waals surface area contributed by atoms with Crippen LogP contribution in [-0.2, 0) is 6.54 Å². The lowest BCUT2D eigenvalue weighted by Gasteiger charge is -2.14. The first-order chi connectivity index (χ1) is 8.16. The van der Waals surface area contributed by atoms with Gasteiger partial charge in [-0.05, 0) is 47.0 Å². The summed E-state index contributed by atoms with van der Waals surface area (Å²) >= 11 is 13.6. The minimum Gasteiger partial charge on any atom is -0.306 e. The normalized spacial score (nSPS) is 12.6. The molecule has 0 fully saturated rings. The summed E-state index contributed by atoms with van der Waals surface area (Å²) in [5, 5.41) is 8.89. The molecule has 0 amide bonds. The van der Waals surface area contributed by atoms with Crippen molar-refractivity contribution in [1.29, 1.82) is 0 Å². The SMILES string of the molecule is CC(NCc1ccsc1)c1ccc(Cl)c(Cl)c1. The molecule has 1 aromatic carbocycles. The third kappa shape index (κ3) is 3.46. The van der Waals surface area contributed by atoms with Gasteiger partial charge in [-0.3, -0.25) is 0 Å². The van der Waals surface area contributed by atoms with Gasteiger partial charge >= 0.3 is 0 Å². The first-order valence-electron chi connectivity index (χ1n) is 5.36. The van der Waals surface area contributed by atoms with Crippen molar-refractivity contribution < 1.29 is 0 Å². The van der Waals surface area contributed by atoms with Crippen LogP contribution in [0.4, 0.5) is 0 Å². The standard InChI is InChI=1S/C13H13Cl2NS/c1-9(16-7-10-4-5-17-8-10)11-2-3-12(14)13(15)6-11/h2-6,8-9,16H,7H2,1H3. The van der Waals surface area contributed by atoms with Gasteiger partial charge in [-0.2, -0.15) is 11.3 Å². The first kappa shape index (κ1) is 12.9. The van der Waals surface area contributed by atoms with E-state index < -0.39 is 0 Å². The number of hydrogen-bond donors (Lipinski definition) is 1. The highest BCUT2D eigenvalue weighted by Crippen LogP contribution is 2.25. The number of halogens is 2. The molecule has 1 unspecified atom stereocenters. The zero-order chi connectivity index (χ0) is 12.3. The average molecular weight is 286 g/mol. The smallest absolute Gasteiger partial charge is 0.0595 e. The molecule has 0 aliphatic carbocycles. The fraction of sp³-hybridized carbons (Fsp3) is 0.231. The monoisotopic (exact) mass is 285 g/mol. The molecule has 0 radical (unpaired) electrons. The summed E-state index contributed by atoms with van der Waals surface area (Å²) < 4.78 is 0. The molecule has 0 saturated carbocycles. The fourth-order valence-electron chi connectivity index (χ4n) is 1.56. The fourth-order valence-corrected chi connectivity index (χ4v) is 2.54. The van der Waals surface area contributed by atoms with Gasteiger partial charge in [0.2, 0.25) is 0 Å². The van der Waals surface area contributed by atoms with E-state index in [-0.39, 0.29) is 6.04 Å². The highest BCUT2D eigenvalue weighted by molar-refractivity contribution is 7.07. The van der Waals surface area contributed by atoms with Gasteiger partial charge in [0, 0.05) is 12.6 Å². The molecule has 0 aliphatic rings. The van der Waals surface area contributed by atoms with Crippen molar-refractivity contribution in [2.24, 2.45) is 0 Å². The summed E-state index contributed by atoms with van der Waals surface area (Å²) in [6.45, 7) is 2.98. The van der Waals surface area contributed by atoms with Crippen LogP contribution in [0.3, 0.4) is 0 Å². The van der Waals surface area contributed by atoms with Crippen LogP contribution in [-0.4, -0.2) is 0 Å². The number of rotatable bonds is 4. The molecule has 0 saturated heterocycles. The summed E-state index contributed by atoms with van der Waals surface area (Å²) in [7, 11) is 0. The molecule has 2 aromatic rings. The van der Waals surface area contributed by atoms with E-state index in [0.29, 0.717) is 10.0 Å². The molecule has 1 heterocycles. The molecule has 17 heavy (non-hydrogen) atoms. The minimum absolute atomic E-state index is 0.254. The second-order valence-electron chi connectivity index (χ2n) is 3.91. The van der Waals surface area contributed by atoms with Crippen LogP contribution in [0.15, 0.2) is 35.0 Å². The molecule has 0 bridgehead atoms. The number of benzene rings is 1. The lowest BCUT2D eigenvalue weighted by atomic mass is 10.1. The topological polar surface area (TPSA) is 12.0 Å². The van der Waals surface area contributed by atoms with Crippen LogP contribution >= 0.6 is 34.5 Å². The summed E-state index contributed by atoms with van der Waals surface area (Å²) in [5.41, 5.74) is 2.46. The summed E-state index contributed by atoms with van der Waals surface area (Å²) in [5.74, 6) is 0. The average Bonchev–Trinajstić information content (AvgIpc) is 2.82. The molecule has 2 rings (SSSR count). The van der Waals surface area contributed by atoms with Crippen molar-refractivity contribution in [3.8, 4) is 0 Å². The van der Waals surface area contributed by atoms with Gasteiger partial charge in [0.1, 0.15) is 0 Å². The third-order valence-corrected chi connectivity index (χ3v) is 4.11. The third-order valence-electron chi connectivity index (χ3n) is 2.64. The van der Waals surface area contributed by atoms with E-state index >= 15 is 0 Å². The lowest BCUT2D eigenvalue weighted by Crippen LogP contribution is -2.17. The van der Waals surface area contributed by atoms with E-state index in [9.17, 15) is 0 Å². The summed E-state index contributed by atoms with van der Waals surface area (Å²) in [6.07, 6.45) is 0. The van der Waals surface area contributed by atoms with Crippen LogP contribution in [0.2, 0.25) is 10.0 Å². The van der Waals surface area contributed by atoms with Crippen molar-refractivity contribution in [2.45, 2.75) is 19.5 Å². The number of nitrogens with one attached hydrogen (secondary N) is 1. The Morgan fingerprint density at radius 1 is 1.24 bits per heavy atom. The van der Waals surface area contributed by atoms with Crippen LogP contribution in [0.5, 0.6) is 0 Å². The van der Waals surface area contributed by atoms with Gasteiger partial charge in [-0.25, -0.2) is 0 Å². The molecule has 90 valence electrons. The van der Waals surface area contributed by atoms with E-state index in [2.05, 4.69) is 29.1 Å². The Kier molecular flexibility index (Phi) is 4.46. The molecular weight excluding hydrogens is 273 g/mol. The Morgan fingerprint density at radius 3 is 2.71 bits per heavy atom. The van der Waals surface area contributed by atoms with Crippen molar-refractivity contribution in [3.63, 3.8) is 0 Å². The van der Waals surface area contributed by atoms with Crippen LogP contribution in [0.25, 0.3) is 0 Å². The van der Waals surface area contributed by atoms with Gasteiger partial charge < -0.3 is 5.32 Å². The predicted molar refractivity (Wildman–Crippen MR) is 76.0 cm³/mol. The predicted octanol–water partition coefficient (Wildman–Crippen LogP) is 4.91. The Bertz CT molecular complexity index is 482. The molecule has 4 heteroatoms. The Hall–Kier alpha value is -0.540. The largest absolute Gasteiger partial charge is 0.306 e. The summed E-state index contributed by atoms with van der Waals surface area (Å²) in [6, 6.07) is 8.13. The van der Waals surface area contributed by atoms with E-state index in [1.165, 1.54) is 5.56 Å². The molecule has 0 spiro atoms. The molecule has 1 atom stereocenters. The second kappa shape index (κ2) is 5.87. The van der Waals surface area contributed by atoms with Crippen LogP contribution in [0.1, 0.15) is 24.1 Å². The van der Waals surface area contributed by atoms with Crippen LogP contribution < -0.4 is 5.32 Å². The molecule has 1 aromatic heterocycles. The highest BCUT2D eigenvalue weighted by atomic mass is 35.5. The van der Waals surface area contributed by atoms with Crippen molar-refractivity contribution in [1.82, 2.24) is 5.32 Å². The maximum absolute atomic E-state index is 6.00. The first-order valence-corrected chi connectivity index (χ1v) is 7.06. The van der Waals surface area contributed by atoms with Gasteiger partial charge in [0.15, 0.2) is 0 Å². The number of thiophene rings is 1. The molecular formula is C13H13Cl2NS. The Morgan fingerprint density at radius 2 is 2.06 bits per heavy atom. The molecule has 1 N–H and O–H groups in total. The zero-order valence-electron chi connectivity index (χ0n) is 9.41. The number of hydrogen-bond acceptors (Lipinski definition) is 2. The second-order valence-corrected chi connectivity index (χ2v) is 5.50. The van der Waals surface area contributed by atoms with Gasteiger partial charge in [0.25, 0.3) is 0 Å². The van der Waals surface area contributed by atoms with Crippen LogP contribution in [0, 0.1) is 0 Å². The Labute approximate surface area is 115 Å². The molecule has 1 nitrogen and oxygen atoms in total. The van der Waals surface area contributed by atoms with E-state index in [1.54, 1.807) is 11.3 Å². The van der Waals surface area contributed by atoms with Gasteiger partial charge in [0.05, 0.1) is 10.0 Å².